The number of para-hydroxylation sites is 2. The number of anilines is 2. The molecule has 3 aromatic carbocycles. The Morgan fingerprint density at radius 3 is 2.46 bits per heavy atom. The van der Waals surface area contributed by atoms with E-state index in [4.69, 9.17) is 15.2 Å². The molecule has 7 heteroatoms. The first kappa shape index (κ1) is 24.1. The molecule has 0 saturated heterocycles. The zero-order chi connectivity index (χ0) is 24.8. The molecular formula is C28H31N3O4. The van der Waals surface area contributed by atoms with Crippen molar-refractivity contribution in [2.75, 3.05) is 31.8 Å². The van der Waals surface area contributed by atoms with Gasteiger partial charge in [0.25, 0.3) is 5.91 Å². The second-order valence-corrected chi connectivity index (χ2v) is 8.55. The number of carbonyl (C=O) groups excluding carboxylic acids is 2. The predicted molar refractivity (Wildman–Crippen MR) is 138 cm³/mol. The maximum absolute atomic E-state index is 13.2. The van der Waals surface area contributed by atoms with Gasteiger partial charge in [0.15, 0.2) is 11.5 Å². The van der Waals surface area contributed by atoms with Crippen LogP contribution in [0.3, 0.4) is 0 Å². The SMILES string of the molecule is COc1cc2c(c(-c3ccccc3)c1OC)CN(CCCCCC(=O)Nc1ccccc1N)C2=O. The minimum absolute atomic E-state index is 0.00423. The Morgan fingerprint density at radius 2 is 1.74 bits per heavy atom. The Bertz CT molecular complexity index is 1210. The summed E-state index contributed by atoms with van der Waals surface area (Å²) in [7, 11) is 3.20. The number of nitrogens with zero attached hydrogens (tertiary/aromatic N) is 1. The van der Waals surface area contributed by atoms with Crippen molar-refractivity contribution >= 4 is 23.2 Å². The lowest BCUT2D eigenvalue weighted by Gasteiger charge is -2.17. The second kappa shape index (κ2) is 11.0. The minimum Gasteiger partial charge on any atom is -0.493 e. The van der Waals surface area contributed by atoms with Crippen LogP contribution >= 0.6 is 0 Å². The van der Waals surface area contributed by atoms with E-state index in [1.165, 1.54) is 0 Å². The van der Waals surface area contributed by atoms with Crippen LogP contribution < -0.4 is 20.5 Å². The summed E-state index contributed by atoms with van der Waals surface area (Å²) in [5, 5.41) is 2.85. The van der Waals surface area contributed by atoms with Gasteiger partial charge in [0.1, 0.15) is 0 Å². The van der Waals surface area contributed by atoms with E-state index in [0.717, 1.165) is 36.0 Å². The van der Waals surface area contributed by atoms with Crippen LogP contribution in [0.25, 0.3) is 11.1 Å². The molecule has 3 aromatic rings. The fourth-order valence-corrected chi connectivity index (χ4v) is 4.50. The van der Waals surface area contributed by atoms with Gasteiger partial charge >= 0.3 is 0 Å². The number of hydrogen-bond donors (Lipinski definition) is 2. The van der Waals surface area contributed by atoms with E-state index in [9.17, 15) is 9.59 Å². The number of ether oxygens (including phenoxy) is 2. The molecule has 1 heterocycles. The number of rotatable bonds is 10. The summed E-state index contributed by atoms with van der Waals surface area (Å²) in [6.45, 7) is 1.14. The first-order valence-electron chi connectivity index (χ1n) is 11.8. The summed E-state index contributed by atoms with van der Waals surface area (Å²) in [5.41, 5.74) is 10.6. The number of unbranched alkanes of at least 4 members (excludes halogenated alkanes) is 2. The minimum atomic E-state index is -0.0563. The van der Waals surface area contributed by atoms with Crippen LogP contribution in [-0.2, 0) is 11.3 Å². The fourth-order valence-electron chi connectivity index (χ4n) is 4.50. The van der Waals surface area contributed by atoms with Crippen molar-refractivity contribution in [3.63, 3.8) is 0 Å². The van der Waals surface area contributed by atoms with Crippen LogP contribution in [0.4, 0.5) is 11.4 Å². The molecule has 1 aliphatic heterocycles. The van der Waals surface area contributed by atoms with E-state index in [0.29, 0.717) is 47.9 Å². The van der Waals surface area contributed by atoms with Crippen molar-refractivity contribution in [3.8, 4) is 22.6 Å². The first-order chi connectivity index (χ1) is 17.0. The largest absolute Gasteiger partial charge is 0.493 e. The van der Waals surface area contributed by atoms with Crippen molar-refractivity contribution in [2.24, 2.45) is 0 Å². The number of nitrogens with two attached hydrogens (primary N) is 1. The smallest absolute Gasteiger partial charge is 0.254 e. The Morgan fingerprint density at radius 1 is 1.00 bits per heavy atom. The quantitative estimate of drug-likeness (QED) is 0.315. The lowest BCUT2D eigenvalue weighted by Crippen LogP contribution is -2.25. The summed E-state index contributed by atoms with van der Waals surface area (Å²) in [6.07, 6.45) is 2.81. The van der Waals surface area contributed by atoms with E-state index in [1.807, 2.05) is 47.4 Å². The zero-order valence-corrected chi connectivity index (χ0v) is 20.2. The highest BCUT2D eigenvalue weighted by Gasteiger charge is 2.33. The van der Waals surface area contributed by atoms with Gasteiger partial charge in [0.05, 0.1) is 25.6 Å². The lowest BCUT2D eigenvalue weighted by molar-refractivity contribution is -0.116. The van der Waals surface area contributed by atoms with E-state index < -0.39 is 0 Å². The zero-order valence-electron chi connectivity index (χ0n) is 20.2. The Kier molecular flexibility index (Phi) is 7.55. The number of fused-ring (bicyclic) bond motifs is 1. The third kappa shape index (κ3) is 5.24. The van der Waals surface area contributed by atoms with Gasteiger partial charge in [-0.2, -0.15) is 0 Å². The highest BCUT2D eigenvalue weighted by Crippen LogP contribution is 2.45. The molecule has 0 atom stereocenters. The standard InChI is InChI=1S/C28H31N3O4/c1-34-24-17-20-21(26(27(24)35-2)19-11-5-3-6-12-19)18-31(28(20)33)16-10-4-7-15-25(32)30-23-14-9-8-13-22(23)29/h3,5-6,8-9,11-14,17H,4,7,10,15-16,18,29H2,1-2H3,(H,30,32). The molecule has 0 saturated carbocycles. The van der Waals surface area contributed by atoms with E-state index in [2.05, 4.69) is 5.32 Å². The maximum atomic E-state index is 13.2. The number of nitrogens with one attached hydrogen (secondary N) is 1. The average Bonchev–Trinajstić information content (AvgIpc) is 3.19. The normalized spacial score (nSPS) is 12.4. The number of methoxy groups -OCH3 is 2. The molecule has 1 aliphatic rings. The van der Waals surface area contributed by atoms with Gasteiger partial charge in [-0.3, -0.25) is 9.59 Å². The predicted octanol–water partition coefficient (Wildman–Crippen LogP) is 5.11. The molecule has 0 aromatic heterocycles. The monoisotopic (exact) mass is 473 g/mol. The summed E-state index contributed by atoms with van der Waals surface area (Å²) >= 11 is 0. The topological polar surface area (TPSA) is 93.9 Å². The van der Waals surface area contributed by atoms with Gasteiger partial charge < -0.3 is 25.4 Å². The van der Waals surface area contributed by atoms with Crippen molar-refractivity contribution < 1.29 is 19.1 Å². The molecule has 4 rings (SSSR count). The molecule has 0 aliphatic carbocycles. The molecule has 0 fully saturated rings. The van der Waals surface area contributed by atoms with Crippen molar-refractivity contribution in [2.45, 2.75) is 32.2 Å². The average molecular weight is 474 g/mol. The Hall–Kier alpha value is -4.00. The van der Waals surface area contributed by atoms with Crippen LogP contribution in [0.15, 0.2) is 60.7 Å². The summed E-state index contributed by atoms with van der Waals surface area (Å²) in [6, 6.07) is 18.9. The van der Waals surface area contributed by atoms with Gasteiger partial charge in [0, 0.05) is 30.6 Å². The Labute approximate surface area is 205 Å². The van der Waals surface area contributed by atoms with Crippen LogP contribution in [0.5, 0.6) is 11.5 Å². The summed E-state index contributed by atoms with van der Waals surface area (Å²) in [5.74, 6) is 1.12. The highest BCUT2D eigenvalue weighted by molar-refractivity contribution is 6.02. The number of carbonyl (C=O) groups is 2. The second-order valence-electron chi connectivity index (χ2n) is 8.55. The van der Waals surface area contributed by atoms with Crippen LogP contribution in [-0.4, -0.2) is 37.5 Å². The number of amides is 2. The molecule has 182 valence electrons. The van der Waals surface area contributed by atoms with E-state index >= 15 is 0 Å². The molecule has 0 spiro atoms. The van der Waals surface area contributed by atoms with Gasteiger partial charge in [-0.15, -0.1) is 0 Å². The fraction of sp³-hybridized carbons (Fsp3) is 0.286. The first-order valence-corrected chi connectivity index (χ1v) is 11.8. The van der Waals surface area contributed by atoms with E-state index in [1.54, 1.807) is 32.4 Å². The molecular weight excluding hydrogens is 442 g/mol. The number of nitrogen functional groups attached to an aromatic ring is 1. The summed E-state index contributed by atoms with van der Waals surface area (Å²) in [4.78, 5) is 27.3. The molecule has 7 nitrogen and oxygen atoms in total. The van der Waals surface area contributed by atoms with Gasteiger partial charge in [0.2, 0.25) is 5.91 Å². The van der Waals surface area contributed by atoms with Crippen LogP contribution in [0.2, 0.25) is 0 Å². The van der Waals surface area contributed by atoms with E-state index in [-0.39, 0.29) is 11.8 Å². The third-order valence-corrected chi connectivity index (χ3v) is 6.27. The molecule has 0 bridgehead atoms. The van der Waals surface area contributed by atoms with Crippen molar-refractivity contribution in [3.05, 3.63) is 71.8 Å². The lowest BCUT2D eigenvalue weighted by atomic mass is 9.95. The third-order valence-electron chi connectivity index (χ3n) is 6.27. The molecule has 0 unspecified atom stereocenters. The van der Waals surface area contributed by atoms with Gasteiger partial charge in [-0.05, 0) is 42.2 Å². The maximum Gasteiger partial charge on any atom is 0.254 e. The molecule has 0 radical (unpaired) electrons. The van der Waals surface area contributed by atoms with Gasteiger partial charge in [-0.25, -0.2) is 0 Å². The van der Waals surface area contributed by atoms with Crippen LogP contribution in [0.1, 0.15) is 41.6 Å². The number of hydrogen-bond acceptors (Lipinski definition) is 5. The molecule has 35 heavy (non-hydrogen) atoms. The van der Waals surface area contributed by atoms with Crippen molar-refractivity contribution in [1.82, 2.24) is 4.90 Å². The Balaban J connectivity index is 1.37. The van der Waals surface area contributed by atoms with Crippen molar-refractivity contribution in [1.29, 1.82) is 0 Å². The molecule has 2 amide bonds. The summed E-state index contributed by atoms with van der Waals surface area (Å²) < 4.78 is 11.3. The van der Waals surface area contributed by atoms with Gasteiger partial charge in [-0.1, -0.05) is 48.9 Å². The highest BCUT2D eigenvalue weighted by atomic mass is 16.5. The number of benzene rings is 3. The molecule has 3 N–H and O–H groups in total. The van der Waals surface area contributed by atoms with Crippen LogP contribution in [0, 0.1) is 0 Å².